The second kappa shape index (κ2) is 2.86. The smallest absolute Gasteiger partial charge is 0.263 e. The first-order chi connectivity index (χ1) is 5.11. The molecule has 0 aromatic carbocycles. The zero-order valence-corrected chi connectivity index (χ0v) is 6.92. The standard InChI is InChI=1S/C8H11NO2/c1-5(2)7(10)8-9-6(3)4-11-8/h4-5H,1-3H3. The lowest BCUT2D eigenvalue weighted by Crippen LogP contribution is -2.07. The number of hydrogen-bond donors (Lipinski definition) is 0. The van der Waals surface area contributed by atoms with Crippen LogP contribution in [0.2, 0.25) is 0 Å². The van der Waals surface area contributed by atoms with Crippen molar-refractivity contribution < 1.29 is 9.21 Å². The first-order valence-electron chi connectivity index (χ1n) is 3.57. The normalized spacial score (nSPS) is 10.5. The molecule has 0 saturated heterocycles. The Morgan fingerprint density at radius 1 is 1.64 bits per heavy atom. The molecule has 3 nitrogen and oxygen atoms in total. The molecule has 60 valence electrons. The highest BCUT2D eigenvalue weighted by Crippen LogP contribution is 2.07. The first kappa shape index (κ1) is 7.98. The molecule has 0 aliphatic heterocycles. The third-order valence-electron chi connectivity index (χ3n) is 1.35. The minimum absolute atomic E-state index is 0.0434. The summed E-state index contributed by atoms with van der Waals surface area (Å²) in [5.74, 6) is 0.128. The molecule has 0 bridgehead atoms. The Balaban J connectivity index is 2.85. The second-order valence-electron chi connectivity index (χ2n) is 2.81. The van der Waals surface area contributed by atoms with E-state index in [-0.39, 0.29) is 17.6 Å². The van der Waals surface area contributed by atoms with Crippen LogP contribution in [0.3, 0.4) is 0 Å². The third-order valence-corrected chi connectivity index (χ3v) is 1.35. The van der Waals surface area contributed by atoms with Gasteiger partial charge in [0.25, 0.3) is 5.89 Å². The molecule has 0 aliphatic rings. The van der Waals surface area contributed by atoms with Crippen molar-refractivity contribution in [3.05, 3.63) is 17.8 Å². The van der Waals surface area contributed by atoms with E-state index in [0.717, 1.165) is 5.69 Å². The minimum Gasteiger partial charge on any atom is -0.442 e. The average molecular weight is 153 g/mol. The maximum atomic E-state index is 11.2. The molecule has 0 amide bonds. The maximum absolute atomic E-state index is 11.2. The molecule has 1 rings (SSSR count). The fraction of sp³-hybridized carbons (Fsp3) is 0.500. The Morgan fingerprint density at radius 2 is 2.27 bits per heavy atom. The molecule has 0 N–H and O–H groups in total. The van der Waals surface area contributed by atoms with Crippen molar-refractivity contribution in [2.24, 2.45) is 5.92 Å². The monoisotopic (exact) mass is 153 g/mol. The number of Topliss-reactive ketones (excluding diaryl/α,β-unsaturated/α-hetero) is 1. The van der Waals surface area contributed by atoms with Gasteiger partial charge in [-0.25, -0.2) is 4.98 Å². The summed E-state index contributed by atoms with van der Waals surface area (Å²) in [6, 6.07) is 0. The predicted molar refractivity (Wildman–Crippen MR) is 40.4 cm³/mol. The van der Waals surface area contributed by atoms with Gasteiger partial charge in [-0.3, -0.25) is 4.79 Å². The summed E-state index contributed by atoms with van der Waals surface area (Å²) in [7, 11) is 0. The Morgan fingerprint density at radius 3 is 2.64 bits per heavy atom. The Labute approximate surface area is 65.4 Å². The molecule has 0 saturated carbocycles. The zero-order chi connectivity index (χ0) is 8.43. The maximum Gasteiger partial charge on any atom is 0.263 e. The molecule has 0 radical (unpaired) electrons. The quantitative estimate of drug-likeness (QED) is 0.608. The van der Waals surface area contributed by atoms with Crippen LogP contribution in [0, 0.1) is 12.8 Å². The molecule has 0 atom stereocenters. The van der Waals surface area contributed by atoms with Gasteiger partial charge in [0.2, 0.25) is 5.78 Å². The van der Waals surface area contributed by atoms with Gasteiger partial charge in [-0.2, -0.15) is 0 Å². The number of oxazole rings is 1. The van der Waals surface area contributed by atoms with Crippen LogP contribution in [0.15, 0.2) is 10.7 Å². The number of carbonyl (C=O) groups is 1. The number of ketones is 1. The zero-order valence-electron chi connectivity index (χ0n) is 6.92. The Bertz CT molecular complexity index is 263. The minimum atomic E-state index is -0.0481. The van der Waals surface area contributed by atoms with E-state index in [0.29, 0.717) is 0 Å². The molecule has 1 heterocycles. The molecule has 0 fully saturated rings. The third kappa shape index (κ3) is 1.67. The number of hydrogen-bond acceptors (Lipinski definition) is 3. The van der Waals surface area contributed by atoms with Gasteiger partial charge in [0.15, 0.2) is 0 Å². The van der Waals surface area contributed by atoms with Gasteiger partial charge >= 0.3 is 0 Å². The lowest BCUT2D eigenvalue weighted by atomic mass is 10.1. The van der Waals surface area contributed by atoms with Gasteiger partial charge in [0, 0.05) is 5.92 Å². The average Bonchev–Trinajstić information content (AvgIpc) is 2.34. The van der Waals surface area contributed by atoms with E-state index in [1.165, 1.54) is 6.26 Å². The van der Waals surface area contributed by atoms with Crippen LogP contribution in [-0.2, 0) is 0 Å². The molecule has 1 aromatic heterocycles. The van der Waals surface area contributed by atoms with Crippen LogP contribution < -0.4 is 0 Å². The van der Waals surface area contributed by atoms with E-state index in [2.05, 4.69) is 4.98 Å². The summed E-state index contributed by atoms with van der Waals surface area (Å²) in [6.07, 6.45) is 1.48. The molecule has 0 spiro atoms. The van der Waals surface area contributed by atoms with Crippen LogP contribution in [0.5, 0.6) is 0 Å². The molecule has 3 heteroatoms. The van der Waals surface area contributed by atoms with E-state index in [4.69, 9.17) is 4.42 Å². The largest absolute Gasteiger partial charge is 0.442 e. The van der Waals surface area contributed by atoms with Gasteiger partial charge in [0.05, 0.1) is 5.69 Å². The fourth-order valence-corrected chi connectivity index (χ4v) is 0.714. The van der Waals surface area contributed by atoms with E-state index < -0.39 is 0 Å². The molecular formula is C8H11NO2. The van der Waals surface area contributed by atoms with E-state index in [1.54, 1.807) is 6.92 Å². The number of aromatic nitrogens is 1. The number of rotatable bonds is 2. The lowest BCUT2D eigenvalue weighted by molar-refractivity contribution is 0.0904. The van der Waals surface area contributed by atoms with Gasteiger partial charge in [-0.1, -0.05) is 13.8 Å². The van der Waals surface area contributed by atoms with E-state index in [1.807, 2.05) is 13.8 Å². The van der Waals surface area contributed by atoms with Crippen LogP contribution in [0.25, 0.3) is 0 Å². The summed E-state index contributed by atoms with van der Waals surface area (Å²) in [5.41, 5.74) is 0.744. The Kier molecular flexibility index (Phi) is 2.08. The summed E-state index contributed by atoms with van der Waals surface area (Å²) in [4.78, 5) is 15.1. The van der Waals surface area contributed by atoms with Crippen molar-refractivity contribution in [3.63, 3.8) is 0 Å². The highest BCUT2D eigenvalue weighted by atomic mass is 16.3. The molecule has 11 heavy (non-hydrogen) atoms. The number of nitrogens with zero attached hydrogens (tertiary/aromatic N) is 1. The molecule has 0 unspecified atom stereocenters. The van der Waals surface area contributed by atoms with Crippen molar-refractivity contribution in [2.75, 3.05) is 0 Å². The van der Waals surface area contributed by atoms with Crippen LogP contribution in [0.4, 0.5) is 0 Å². The van der Waals surface area contributed by atoms with E-state index in [9.17, 15) is 4.79 Å². The summed E-state index contributed by atoms with van der Waals surface area (Å²) < 4.78 is 4.93. The van der Waals surface area contributed by atoms with Crippen LogP contribution in [-0.4, -0.2) is 10.8 Å². The SMILES string of the molecule is Cc1coc(C(=O)C(C)C)n1. The van der Waals surface area contributed by atoms with Crippen molar-refractivity contribution in [3.8, 4) is 0 Å². The van der Waals surface area contributed by atoms with Crippen LogP contribution in [0.1, 0.15) is 30.2 Å². The molecular weight excluding hydrogens is 142 g/mol. The van der Waals surface area contributed by atoms with E-state index >= 15 is 0 Å². The molecule has 0 aliphatic carbocycles. The second-order valence-corrected chi connectivity index (χ2v) is 2.81. The van der Waals surface area contributed by atoms with Crippen molar-refractivity contribution in [1.82, 2.24) is 4.98 Å². The van der Waals surface area contributed by atoms with Gasteiger partial charge in [-0.15, -0.1) is 0 Å². The summed E-state index contributed by atoms with van der Waals surface area (Å²) >= 11 is 0. The van der Waals surface area contributed by atoms with Crippen molar-refractivity contribution >= 4 is 5.78 Å². The topological polar surface area (TPSA) is 43.1 Å². The van der Waals surface area contributed by atoms with Crippen molar-refractivity contribution in [2.45, 2.75) is 20.8 Å². The van der Waals surface area contributed by atoms with Gasteiger partial charge < -0.3 is 4.42 Å². The fourth-order valence-electron chi connectivity index (χ4n) is 0.714. The first-order valence-corrected chi connectivity index (χ1v) is 3.57. The predicted octanol–water partition coefficient (Wildman–Crippen LogP) is 1.82. The summed E-state index contributed by atoms with van der Waals surface area (Å²) in [5, 5.41) is 0. The van der Waals surface area contributed by atoms with Crippen LogP contribution >= 0.6 is 0 Å². The highest BCUT2D eigenvalue weighted by molar-refractivity contribution is 5.93. The number of aryl methyl sites for hydroxylation is 1. The lowest BCUT2D eigenvalue weighted by Gasteiger charge is -1.96. The number of carbonyl (C=O) groups excluding carboxylic acids is 1. The van der Waals surface area contributed by atoms with Crippen molar-refractivity contribution in [1.29, 1.82) is 0 Å². The molecule has 1 aromatic rings. The van der Waals surface area contributed by atoms with Gasteiger partial charge in [-0.05, 0) is 6.92 Å². The Hall–Kier alpha value is -1.12. The van der Waals surface area contributed by atoms with Gasteiger partial charge in [0.1, 0.15) is 6.26 Å². The highest BCUT2D eigenvalue weighted by Gasteiger charge is 2.15. The summed E-state index contributed by atoms with van der Waals surface area (Å²) in [6.45, 7) is 5.43.